The number of hydrogen-bond acceptors (Lipinski definition) is 3. The Balaban J connectivity index is 2.99. The maximum absolute atomic E-state index is 5.56. The number of methoxy groups -OCH3 is 1. The van der Waals surface area contributed by atoms with Gasteiger partial charge in [-0.05, 0) is 47.4 Å². The molecule has 0 saturated carbocycles. The number of rotatable bonds is 6. The van der Waals surface area contributed by atoms with Gasteiger partial charge in [-0.15, -0.1) is 0 Å². The number of ether oxygens (including phenoxy) is 1. The van der Waals surface area contributed by atoms with Gasteiger partial charge >= 0.3 is 0 Å². The van der Waals surface area contributed by atoms with Crippen LogP contribution in [0.5, 0.6) is 5.75 Å². The maximum Gasteiger partial charge on any atom is 0.126 e. The molecule has 1 N–H and O–H groups in total. The maximum atomic E-state index is 5.56. The highest BCUT2D eigenvalue weighted by atomic mass is 16.5. The largest absolute Gasteiger partial charge is 0.496 e. The van der Waals surface area contributed by atoms with Crippen LogP contribution >= 0.6 is 0 Å². The predicted molar refractivity (Wildman–Crippen MR) is 81.9 cm³/mol. The zero-order valence-corrected chi connectivity index (χ0v) is 13.4. The summed E-state index contributed by atoms with van der Waals surface area (Å²) in [7, 11) is 5.90. The Labute approximate surface area is 118 Å². The molecule has 0 aliphatic heterocycles. The average molecular weight is 264 g/mol. The van der Waals surface area contributed by atoms with Gasteiger partial charge in [0.1, 0.15) is 5.75 Å². The van der Waals surface area contributed by atoms with E-state index in [1.165, 1.54) is 16.7 Å². The Bertz CT molecular complexity index is 427. The lowest BCUT2D eigenvalue weighted by Crippen LogP contribution is -2.47. The van der Waals surface area contributed by atoms with E-state index < -0.39 is 0 Å². The monoisotopic (exact) mass is 264 g/mol. The number of nitrogens with zero attached hydrogens (tertiary/aromatic N) is 1. The zero-order chi connectivity index (χ0) is 14.6. The van der Waals surface area contributed by atoms with Crippen LogP contribution in [0.1, 0.15) is 30.5 Å². The first-order valence-corrected chi connectivity index (χ1v) is 6.81. The van der Waals surface area contributed by atoms with Gasteiger partial charge in [0.15, 0.2) is 0 Å². The van der Waals surface area contributed by atoms with Crippen LogP contribution < -0.4 is 10.1 Å². The summed E-state index contributed by atoms with van der Waals surface area (Å²) in [5.74, 6) is 1.01. The van der Waals surface area contributed by atoms with Crippen molar-refractivity contribution in [3.05, 3.63) is 28.8 Å². The molecule has 3 nitrogen and oxygen atoms in total. The molecule has 0 fully saturated rings. The lowest BCUT2D eigenvalue weighted by Gasteiger charge is -2.36. The van der Waals surface area contributed by atoms with E-state index in [9.17, 15) is 0 Å². The van der Waals surface area contributed by atoms with Gasteiger partial charge in [0.25, 0.3) is 0 Å². The Morgan fingerprint density at radius 2 is 1.89 bits per heavy atom. The summed E-state index contributed by atoms with van der Waals surface area (Å²) in [5.41, 5.74) is 3.86. The number of likely N-dealkylation sites (N-methyl/N-ethyl adjacent to an activating group) is 2. The molecule has 1 rings (SSSR count). The van der Waals surface area contributed by atoms with Gasteiger partial charge in [0, 0.05) is 24.2 Å². The minimum Gasteiger partial charge on any atom is -0.496 e. The first-order chi connectivity index (χ1) is 8.81. The highest BCUT2D eigenvalue weighted by Crippen LogP contribution is 2.27. The molecular formula is C16H28N2O. The highest BCUT2D eigenvalue weighted by Gasteiger charge is 2.23. The van der Waals surface area contributed by atoms with E-state index in [0.29, 0.717) is 0 Å². The molecule has 0 atom stereocenters. The van der Waals surface area contributed by atoms with E-state index in [2.05, 4.69) is 57.1 Å². The lowest BCUT2D eigenvalue weighted by molar-refractivity contribution is 0.146. The fourth-order valence-electron chi connectivity index (χ4n) is 2.49. The van der Waals surface area contributed by atoms with Crippen LogP contribution in [0, 0.1) is 13.8 Å². The molecule has 19 heavy (non-hydrogen) atoms. The van der Waals surface area contributed by atoms with Crippen LogP contribution in [0.4, 0.5) is 0 Å². The predicted octanol–water partition coefficient (Wildman–Crippen LogP) is 2.74. The molecule has 0 amide bonds. The smallest absolute Gasteiger partial charge is 0.126 e. The number of hydrogen-bond donors (Lipinski definition) is 1. The van der Waals surface area contributed by atoms with Crippen molar-refractivity contribution in [3.8, 4) is 5.75 Å². The molecule has 0 radical (unpaired) electrons. The van der Waals surface area contributed by atoms with Crippen molar-refractivity contribution in [1.29, 1.82) is 0 Å². The van der Waals surface area contributed by atoms with Crippen LogP contribution in [0.2, 0.25) is 0 Å². The third kappa shape index (κ3) is 3.95. The standard InChI is InChI=1S/C16H28N2O/c1-12-8-13(2)15(19-7)14(9-12)10-18(6)16(3,4)11-17-5/h8-9,17H,10-11H2,1-7H3. The van der Waals surface area contributed by atoms with Crippen molar-refractivity contribution in [1.82, 2.24) is 10.2 Å². The average Bonchev–Trinajstić information content (AvgIpc) is 2.28. The second-order valence-corrected chi connectivity index (χ2v) is 5.97. The van der Waals surface area contributed by atoms with Gasteiger partial charge in [0.2, 0.25) is 0 Å². The molecule has 0 heterocycles. The van der Waals surface area contributed by atoms with Crippen molar-refractivity contribution in [2.75, 3.05) is 27.7 Å². The van der Waals surface area contributed by atoms with Crippen molar-refractivity contribution < 1.29 is 4.74 Å². The molecule has 0 saturated heterocycles. The van der Waals surface area contributed by atoms with E-state index in [0.717, 1.165) is 18.8 Å². The summed E-state index contributed by atoms with van der Waals surface area (Å²) in [6.07, 6.45) is 0. The Hall–Kier alpha value is -1.06. The topological polar surface area (TPSA) is 24.5 Å². The number of aryl methyl sites for hydroxylation is 2. The van der Waals surface area contributed by atoms with E-state index in [1.54, 1.807) is 7.11 Å². The fourth-order valence-corrected chi connectivity index (χ4v) is 2.49. The molecule has 0 spiro atoms. The molecule has 0 bridgehead atoms. The lowest BCUT2D eigenvalue weighted by atomic mass is 10.0. The van der Waals surface area contributed by atoms with Gasteiger partial charge in [-0.2, -0.15) is 0 Å². The summed E-state index contributed by atoms with van der Waals surface area (Å²) in [6, 6.07) is 4.39. The molecule has 0 aromatic heterocycles. The Kier molecular flexibility index (Phi) is 5.39. The van der Waals surface area contributed by atoms with Gasteiger partial charge in [-0.25, -0.2) is 0 Å². The van der Waals surface area contributed by atoms with Crippen LogP contribution in [-0.2, 0) is 6.54 Å². The van der Waals surface area contributed by atoms with Crippen LogP contribution in [0.3, 0.4) is 0 Å². The Morgan fingerprint density at radius 3 is 2.42 bits per heavy atom. The van der Waals surface area contributed by atoms with Crippen LogP contribution in [0.25, 0.3) is 0 Å². The van der Waals surface area contributed by atoms with Crippen LogP contribution in [-0.4, -0.2) is 38.2 Å². The summed E-state index contributed by atoms with van der Waals surface area (Å²) >= 11 is 0. The molecular weight excluding hydrogens is 236 g/mol. The minimum atomic E-state index is 0.109. The van der Waals surface area contributed by atoms with Crippen molar-refractivity contribution >= 4 is 0 Å². The Morgan fingerprint density at radius 1 is 1.26 bits per heavy atom. The summed E-state index contributed by atoms with van der Waals surface area (Å²) in [4.78, 5) is 2.36. The molecule has 3 heteroatoms. The van der Waals surface area contributed by atoms with Gasteiger partial charge in [0.05, 0.1) is 7.11 Å². The summed E-state index contributed by atoms with van der Waals surface area (Å²) < 4.78 is 5.56. The zero-order valence-electron chi connectivity index (χ0n) is 13.4. The third-order valence-corrected chi connectivity index (χ3v) is 3.75. The third-order valence-electron chi connectivity index (χ3n) is 3.75. The van der Waals surface area contributed by atoms with Crippen molar-refractivity contribution in [2.45, 2.75) is 39.8 Å². The summed E-state index contributed by atoms with van der Waals surface area (Å²) in [5, 5.41) is 3.25. The second-order valence-electron chi connectivity index (χ2n) is 5.97. The molecule has 0 aliphatic carbocycles. The van der Waals surface area contributed by atoms with E-state index in [4.69, 9.17) is 4.74 Å². The molecule has 0 unspecified atom stereocenters. The van der Waals surface area contributed by atoms with Crippen molar-refractivity contribution in [2.24, 2.45) is 0 Å². The number of nitrogens with one attached hydrogen (secondary N) is 1. The summed E-state index contributed by atoms with van der Waals surface area (Å²) in [6.45, 7) is 10.6. The fraction of sp³-hybridized carbons (Fsp3) is 0.625. The van der Waals surface area contributed by atoms with Crippen LogP contribution in [0.15, 0.2) is 12.1 Å². The molecule has 0 aliphatic rings. The first-order valence-electron chi connectivity index (χ1n) is 6.81. The second kappa shape index (κ2) is 6.40. The molecule has 1 aromatic rings. The first kappa shape index (κ1) is 16.0. The van der Waals surface area contributed by atoms with E-state index in [-0.39, 0.29) is 5.54 Å². The van der Waals surface area contributed by atoms with E-state index in [1.807, 2.05) is 7.05 Å². The van der Waals surface area contributed by atoms with Gasteiger partial charge in [-0.3, -0.25) is 4.90 Å². The quantitative estimate of drug-likeness (QED) is 0.855. The van der Waals surface area contributed by atoms with Gasteiger partial charge in [-0.1, -0.05) is 17.7 Å². The molecule has 1 aromatic carbocycles. The minimum absolute atomic E-state index is 0.109. The van der Waals surface area contributed by atoms with Crippen molar-refractivity contribution in [3.63, 3.8) is 0 Å². The SMILES string of the molecule is CNCC(C)(C)N(C)Cc1cc(C)cc(C)c1OC. The normalized spacial score (nSPS) is 12.0. The van der Waals surface area contributed by atoms with E-state index >= 15 is 0 Å². The number of benzene rings is 1. The van der Waals surface area contributed by atoms with Gasteiger partial charge < -0.3 is 10.1 Å². The molecule has 108 valence electrons. The highest BCUT2D eigenvalue weighted by molar-refractivity contribution is 5.43.